The van der Waals surface area contributed by atoms with Crippen LogP contribution in [0.4, 0.5) is 5.69 Å². The molecule has 0 aliphatic heterocycles. The van der Waals surface area contributed by atoms with Gasteiger partial charge in [-0.1, -0.05) is 24.6 Å². The molecule has 6 nitrogen and oxygen atoms in total. The molecule has 2 rings (SSSR count). The van der Waals surface area contributed by atoms with E-state index < -0.39 is 14.9 Å². The van der Waals surface area contributed by atoms with Crippen LogP contribution in [0.15, 0.2) is 35.2 Å². The number of sulfonamides is 1. The van der Waals surface area contributed by atoms with Crippen molar-refractivity contribution < 1.29 is 13.3 Å². The van der Waals surface area contributed by atoms with Crippen LogP contribution in [-0.2, 0) is 16.6 Å². The Hall–Kier alpha value is -1.48. The highest BCUT2D eigenvalue weighted by Crippen LogP contribution is 2.27. The molecule has 1 aromatic heterocycles. The van der Waals surface area contributed by atoms with Gasteiger partial charge in [0.05, 0.1) is 14.2 Å². The maximum absolute atomic E-state index is 12.7. The minimum absolute atomic E-state index is 0.0840. The van der Waals surface area contributed by atoms with Gasteiger partial charge in [-0.15, -0.1) is 11.3 Å². The van der Waals surface area contributed by atoms with Crippen LogP contribution in [0.2, 0.25) is 4.34 Å². The second-order valence-corrected chi connectivity index (χ2v) is 8.58. The largest absolute Gasteiger partial charge is 0.273 e. The van der Waals surface area contributed by atoms with Crippen LogP contribution < -0.4 is 0 Å². The average Bonchev–Trinajstić information content (AvgIpc) is 2.89. The first kappa shape index (κ1) is 17.9. The maximum atomic E-state index is 12.7. The summed E-state index contributed by atoms with van der Waals surface area (Å²) in [6.07, 6.45) is 0. The second kappa shape index (κ2) is 6.96. The number of aryl methyl sites for hydroxylation is 1. The molecule has 0 spiro atoms. The molecule has 124 valence electrons. The Morgan fingerprint density at radius 3 is 2.52 bits per heavy atom. The lowest BCUT2D eigenvalue weighted by Crippen LogP contribution is -2.30. The summed E-state index contributed by atoms with van der Waals surface area (Å²) in [7, 11) is -3.82. The van der Waals surface area contributed by atoms with Crippen molar-refractivity contribution in [2.45, 2.75) is 25.3 Å². The fraction of sp³-hybridized carbons (Fsp3) is 0.286. The first-order valence-corrected chi connectivity index (χ1v) is 9.38. The summed E-state index contributed by atoms with van der Waals surface area (Å²) >= 11 is 7.17. The Morgan fingerprint density at radius 2 is 2.00 bits per heavy atom. The summed E-state index contributed by atoms with van der Waals surface area (Å²) in [5.41, 5.74) is 0.211. The molecule has 0 amide bonds. The topological polar surface area (TPSA) is 80.5 Å². The summed E-state index contributed by atoms with van der Waals surface area (Å²) in [6.45, 7) is 3.71. The van der Waals surface area contributed by atoms with E-state index in [1.165, 1.54) is 27.8 Å². The van der Waals surface area contributed by atoms with Gasteiger partial charge in [-0.05, 0) is 25.1 Å². The lowest BCUT2D eigenvalue weighted by Gasteiger charge is -2.19. The monoisotopic (exact) mass is 374 g/mol. The molecule has 9 heteroatoms. The lowest BCUT2D eigenvalue weighted by molar-refractivity contribution is -0.385. The van der Waals surface area contributed by atoms with Gasteiger partial charge in [-0.25, -0.2) is 8.42 Å². The first-order chi connectivity index (χ1) is 10.8. The number of nitro groups is 1. The van der Waals surface area contributed by atoms with Gasteiger partial charge < -0.3 is 0 Å². The summed E-state index contributed by atoms with van der Waals surface area (Å²) < 4.78 is 27.3. The number of rotatable bonds is 6. The van der Waals surface area contributed by atoms with Crippen LogP contribution in [0.25, 0.3) is 0 Å². The molecule has 0 saturated heterocycles. The van der Waals surface area contributed by atoms with E-state index in [1.54, 1.807) is 26.0 Å². The quantitative estimate of drug-likeness (QED) is 0.568. The van der Waals surface area contributed by atoms with Gasteiger partial charge in [0.2, 0.25) is 10.0 Å². The number of nitrogens with zero attached hydrogens (tertiary/aromatic N) is 2. The molecular formula is C14H15ClN2O4S2. The molecular weight excluding hydrogens is 360 g/mol. The van der Waals surface area contributed by atoms with Crippen molar-refractivity contribution in [2.75, 3.05) is 6.54 Å². The van der Waals surface area contributed by atoms with Crippen LogP contribution in [-0.4, -0.2) is 24.2 Å². The van der Waals surface area contributed by atoms with Crippen LogP contribution in [0, 0.1) is 17.0 Å². The van der Waals surface area contributed by atoms with Gasteiger partial charge in [0.25, 0.3) is 5.69 Å². The Bertz CT molecular complexity index is 833. The van der Waals surface area contributed by atoms with Gasteiger partial charge in [0, 0.05) is 29.6 Å². The zero-order valence-electron chi connectivity index (χ0n) is 12.5. The van der Waals surface area contributed by atoms with Crippen molar-refractivity contribution in [2.24, 2.45) is 0 Å². The zero-order valence-corrected chi connectivity index (χ0v) is 14.9. The van der Waals surface area contributed by atoms with Crippen molar-refractivity contribution in [3.8, 4) is 0 Å². The second-order valence-electron chi connectivity index (χ2n) is 4.84. The number of hydrogen-bond acceptors (Lipinski definition) is 5. The van der Waals surface area contributed by atoms with Gasteiger partial charge in [-0.3, -0.25) is 10.1 Å². The van der Waals surface area contributed by atoms with E-state index in [1.807, 2.05) is 0 Å². The maximum Gasteiger partial charge on any atom is 0.273 e. The fourth-order valence-electron chi connectivity index (χ4n) is 2.07. The van der Waals surface area contributed by atoms with E-state index in [4.69, 9.17) is 11.6 Å². The van der Waals surface area contributed by atoms with E-state index in [-0.39, 0.29) is 23.7 Å². The minimum atomic E-state index is -3.82. The van der Waals surface area contributed by atoms with Crippen LogP contribution >= 0.6 is 22.9 Å². The zero-order chi connectivity index (χ0) is 17.2. The highest BCUT2D eigenvalue weighted by Gasteiger charge is 2.26. The summed E-state index contributed by atoms with van der Waals surface area (Å²) in [4.78, 5) is 11.2. The fourth-order valence-corrected chi connectivity index (χ4v) is 4.71. The highest BCUT2D eigenvalue weighted by atomic mass is 35.5. The van der Waals surface area contributed by atoms with E-state index in [9.17, 15) is 18.5 Å². The molecule has 0 saturated carbocycles. The highest BCUT2D eigenvalue weighted by molar-refractivity contribution is 7.89. The number of hydrogen-bond donors (Lipinski definition) is 0. The molecule has 0 aliphatic rings. The molecule has 1 heterocycles. The number of halogens is 1. The summed E-state index contributed by atoms with van der Waals surface area (Å²) in [5, 5.41) is 11.0. The van der Waals surface area contributed by atoms with E-state index in [0.29, 0.717) is 9.90 Å². The molecule has 0 bridgehead atoms. The molecule has 2 aromatic rings. The molecule has 0 unspecified atom stereocenters. The molecule has 1 aromatic carbocycles. The van der Waals surface area contributed by atoms with Crippen LogP contribution in [0.1, 0.15) is 17.4 Å². The first-order valence-electron chi connectivity index (χ1n) is 6.75. The van der Waals surface area contributed by atoms with Crippen molar-refractivity contribution in [1.29, 1.82) is 0 Å². The van der Waals surface area contributed by atoms with Gasteiger partial charge in [0.1, 0.15) is 0 Å². The van der Waals surface area contributed by atoms with Gasteiger partial charge in [-0.2, -0.15) is 4.31 Å². The van der Waals surface area contributed by atoms with Crippen molar-refractivity contribution >= 4 is 38.6 Å². The Kier molecular flexibility index (Phi) is 5.41. The van der Waals surface area contributed by atoms with E-state index >= 15 is 0 Å². The molecule has 0 atom stereocenters. The predicted molar refractivity (Wildman–Crippen MR) is 90.4 cm³/mol. The van der Waals surface area contributed by atoms with Gasteiger partial charge >= 0.3 is 0 Å². The van der Waals surface area contributed by atoms with Crippen molar-refractivity contribution in [1.82, 2.24) is 4.31 Å². The normalized spacial score (nSPS) is 11.8. The Morgan fingerprint density at radius 1 is 1.30 bits per heavy atom. The van der Waals surface area contributed by atoms with Gasteiger partial charge in [0.15, 0.2) is 0 Å². The third kappa shape index (κ3) is 3.89. The van der Waals surface area contributed by atoms with Crippen LogP contribution in [0.3, 0.4) is 0 Å². The minimum Gasteiger partial charge on any atom is -0.258 e. The predicted octanol–water partition coefficient (Wildman–Crippen LogP) is 3.83. The lowest BCUT2D eigenvalue weighted by atomic mass is 10.2. The number of benzene rings is 1. The van der Waals surface area contributed by atoms with Crippen LogP contribution in [0.5, 0.6) is 0 Å². The molecule has 0 aliphatic carbocycles. The SMILES string of the molecule is CCN(Cc1ccc(Cl)s1)S(=O)(=O)c1ccc(C)c([N+](=O)[O-])c1. The number of nitro benzene ring substituents is 1. The molecule has 0 N–H and O–H groups in total. The third-order valence-corrected chi connectivity index (χ3v) is 6.46. The molecule has 23 heavy (non-hydrogen) atoms. The van der Waals surface area contributed by atoms with E-state index in [0.717, 1.165) is 10.9 Å². The van der Waals surface area contributed by atoms with E-state index in [2.05, 4.69) is 0 Å². The third-order valence-electron chi connectivity index (χ3n) is 3.33. The average molecular weight is 375 g/mol. The summed E-state index contributed by atoms with van der Waals surface area (Å²) in [5.74, 6) is 0. The smallest absolute Gasteiger partial charge is 0.258 e. The number of thiophene rings is 1. The summed E-state index contributed by atoms with van der Waals surface area (Å²) in [6, 6.07) is 7.42. The molecule has 0 fully saturated rings. The van der Waals surface area contributed by atoms with Crippen molar-refractivity contribution in [3.05, 3.63) is 55.2 Å². The van der Waals surface area contributed by atoms with Crippen molar-refractivity contribution in [3.63, 3.8) is 0 Å². The Balaban J connectivity index is 2.39. The Labute approximate surface area is 143 Å². The molecule has 0 radical (unpaired) electrons. The standard InChI is InChI=1S/C14H15ClN2O4S2/c1-3-16(9-11-5-7-14(15)22-11)23(20,21)12-6-4-10(2)13(8-12)17(18)19/h4-8H,3,9H2,1-2H3.